The van der Waals surface area contributed by atoms with Crippen LogP contribution in [-0.4, -0.2) is 21.5 Å². The number of rotatable bonds is 4. The lowest BCUT2D eigenvalue weighted by Crippen LogP contribution is -2.11. The first-order valence-corrected chi connectivity index (χ1v) is 6.43. The highest BCUT2D eigenvalue weighted by molar-refractivity contribution is 5.72. The van der Waals surface area contributed by atoms with Crippen LogP contribution in [0.5, 0.6) is 5.75 Å². The highest BCUT2D eigenvalue weighted by atomic mass is 16.5. The number of nitrogens with two attached hydrogens (primary N) is 1. The maximum Gasteiger partial charge on any atom is 0.180 e. The van der Waals surface area contributed by atoms with E-state index in [-0.39, 0.29) is 0 Å². The Morgan fingerprint density at radius 3 is 2.90 bits per heavy atom. The molecule has 108 valence electrons. The lowest BCUT2D eigenvalue weighted by Gasteiger charge is -2.11. The molecule has 0 radical (unpaired) electrons. The van der Waals surface area contributed by atoms with Gasteiger partial charge in [0.2, 0.25) is 0 Å². The largest absolute Gasteiger partial charge is 0.496 e. The number of fused-ring (bicyclic) bond motifs is 1. The van der Waals surface area contributed by atoms with E-state index < -0.39 is 0 Å². The minimum Gasteiger partial charge on any atom is -0.496 e. The molecule has 0 atom stereocenters. The summed E-state index contributed by atoms with van der Waals surface area (Å²) in [4.78, 5) is 8.69. The molecule has 7 heteroatoms. The van der Waals surface area contributed by atoms with Gasteiger partial charge in [-0.1, -0.05) is 0 Å². The molecule has 0 spiro atoms. The van der Waals surface area contributed by atoms with Crippen LogP contribution in [0.15, 0.2) is 36.8 Å². The number of aryl methyl sites for hydroxylation is 1. The maximum atomic E-state index is 5.44. The second-order valence-corrected chi connectivity index (χ2v) is 4.59. The van der Waals surface area contributed by atoms with E-state index in [2.05, 4.69) is 20.7 Å². The molecule has 0 aliphatic rings. The molecular formula is C14H16N6O. The molecule has 0 fully saturated rings. The topological polar surface area (TPSA) is 89.5 Å². The number of hydrogen-bond donors (Lipinski definition) is 3. The molecule has 0 saturated carbocycles. The molecule has 2 aromatic heterocycles. The molecule has 2 heterocycles. The van der Waals surface area contributed by atoms with E-state index in [0.717, 1.165) is 22.6 Å². The molecule has 0 saturated heterocycles. The predicted octanol–water partition coefficient (Wildman–Crippen LogP) is 2.08. The van der Waals surface area contributed by atoms with Crippen molar-refractivity contribution in [2.24, 2.45) is 5.84 Å². The molecule has 0 aliphatic heterocycles. The number of imidazole rings is 1. The van der Waals surface area contributed by atoms with Crippen LogP contribution in [0.1, 0.15) is 5.56 Å². The van der Waals surface area contributed by atoms with Gasteiger partial charge in [-0.05, 0) is 30.7 Å². The summed E-state index contributed by atoms with van der Waals surface area (Å²) in [6.45, 7) is 1.99. The highest BCUT2D eigenvalue weighted by Gasteiger charge is 2.08. The molecule has 3 aromatic rings. The number of methoxy groups -OCH3 is 1. The van der Waals surface area contributed by atoms with Crippen molar-refractivity contribution in [1.82, 2.24) is 14.4 Å². The van der Waals surface area contributed by atoms with Gasteiger partial charge >= 0.3 is 0 Å². The fourth-order valence-corrected chi connectivity index (χ4v) is 2.18. The van der Waals surface area contributed by atoms with E-state index >= 15 is 0 Å². The van der Waals surface area contributed by atoms with Crippen molar-refractivity contribution in [1.29, 1.82) is 0 Å². The normalized spacial score (nSPS) is 10.6. The van der Waals surface area contributed by atoms with Gasteiger partial charge in [0, 0.05) is 18.1 Å². The maximum absolute atomic E-state index is 5.44. The highest BCUT2D eigenvalue weighted by Crippen LogP contribution is 2.25. The molecule has 3 rings (SSSR count). The van der Waals surface area contributed by atoms with Crippen LogP contribution < -0.4 is 21.3 Å². The molecule has 0 amide bonds. The van der Waals surface area contributed by atoms with Crippen molar-refractivity contribution in [2.75, 3.05) is 17.9 Å². The average Bonchev–Trinajstić information content (AvgIpc) is 2.96. The summed E-state index contributed by atoms with van der Waals surface area (Å²) in [7, 11) is 1.65. The molecule has 1 aromatic carbocycles. The Morgan fingerprint density at radius 1 is 1.33 bits per heavy atom. The first-order chi connectivity index (χ1) is 10.2. The van der Waals surface area contributed by atoms with Crippen LogP contribution in [0.2, 0.25) is 0 Å². The number of hydrogen-bond acceptors (Lipinski definition) is 6. The molecule has 0 bridgehead atoms. The quantitative estimate of drug-likeness (QED) is 0.502. The number of benzene rings is 1. The van der Waals surface area contributed by atoms with Crippen LogP contribution in [0, 0.1) is 6.92 Å². The zero-order valence-electron chi connectivity index (χ0n) is 11.8. The molecule has 0 aliphatic carbocycles. The monoisotopic (exact) mass is 284 g/mol. The molecule has 4 N–H and O–H groups in total. The van der Waals surface area contributed by atoms with Gasteiger partial charge in [0.25, 0.3) is 0 Å². The number of hydrazine groups is 1. The van der Waals surface area contributed by atoms with Crippen LogP contribution in [0.3, 0.4) is 0 Å². The SMILES string of the molecule is COc1ccc(Nc2nc(NN)cn3ccnc23)cc1C. The molecule has 21 heavy (non-hydrogen) atoms. The van der Waals surface area contributed by atoms with Crippen molar-refractivity contribution >= 4 is 23.0 Å². The molecular weight excluding hydrogens is 268 g/mol. The van der Waals surface area contributed by atoms with E-state index in [1.54, 1.807) is 19.5 Å². The van der Waals surface area contributed by atoms with Crippen molar-refractivity contribution < 1.29 is 4.74 Å². The van der Waals surface area contributed by atoms with Crippen molar-refractivity contribution in [3.05, 3.63) is 42.4 Å². The summed E-state index contributed by atoms with van der Waals surface area (Å²) in [5.74, 6) is 7.46. The van der Waals surface area contributed by atoms with Crippen LogP contribution in [-0.2, 0) is 0 Å². The number of aromatic nitrogens is 3. The number of nitrogens with one attached hydrogen (secondary N) is 2. The van der Waals surface area contributed by atoms with Gasteiger partial charge < -0.3 is 19.9 Å². The van der Waals surface area contributed by atoms with Gasteiger partial charge in [0.1, 0.15) is 5.75 Å². The van der Waals surface area contributed by atoms with Gasteiger partial charge in [0.05, 0.1) is 13.3 Å². The third-order valence-electron chi connectivity index (χ3n) is 3.18. The predicted molar refractivity (Wildman–Crippen MR) is 81.8 cm³/mol. The number of ether oxygens (including phenoxy) is 1. The van der Waals surface area contributed by atoms with Crippen molar-refractivity contribution in [3.8, 4) is 5.75 Å². The smallest absolute Gasteiger partial charge is 0.180 e. The summed E-state index contributed by atoms with van der Waals surface area (Å²) < 4.78 is 7.11. The number of nitrogen functional groups attached to an aromatic ring is 1. The zero-order chi connectivity index (χ0) is 14.8. The fraction of sp³-hybridized carbons (Fsp3) is 0.143. The van der Waals surface area contributed by atoms with E-state index in [4.69, 9.17) is 10.6 Å². The zero-order valence-corrected chi connectivity index (χ0v) is 11.8. The second-order valence-electron chi connectivity index (χ2n) is 4.59. The standard InChI is InChI=1S/C14H16N6O/c1-9-7-10(3-4-11(9)21-2)17-13-14-16-5-6-20(14)8-12(18-13)19-15/h3-8,19H,15H2,1-2H3,(H,17,18). The number of anilines is 3. The summed E-state index contributed by atoms with van der Waals surface area (Å²) in [5.41, 5.74) is 5.21. The van der Waals surface area contributed by atoms with E-state index in [0.29, 0.717) is 11.6 Å². The Hall–Kier alpha value is -2.80. The first-order valence-electron chi connectivity index (χ1n) is 6.43. The van der Waals surface area contributed by atoms with Gasteiger partial charge in [0.15, 0.2) is 17.3 Å². The van der Waals surface area contributed by atoms with Gasteiger partial charge in [-0.15, -0.1) is 0 Å². The average molecular weight is 284 g/mol. The first kappa shape index (κ1) is 13.2. The van der Waals surface area contributed by atoms with Crippen molar-refractivity contribution in [3.63, 3.8) is 0 Å². The van der Waals surface area contributed by atoms with E-state index in [1.165, 1.54) is 0 Å². The Morgan fingerprint density at radius 2 is 2.19 bits per heavy atom. The number of nitrogens with zero attached hydrogens (tertiary/aromatic N) is 3. The third kappa shape index (κ3) is 2.46. The third-order valence-corrected chi connectivity index (χ3v) is 3.18. The summed E-state index contributed by atoms with van der Waals surface area (Å²) in [5, 5.41) is 3.25. The summed E-state index contributed by atoms with van der Waals surface area (Å²) >= 11 is 0. The van der Waals surface area contributed by atoms with Gasteiger partial charge in [-0.2, -0.15) is 0 Å². The minimum absolute atomic E-state index is 0.549. The molecule has 7 nitrogen and oxygen atoms in total. The Bertz CT molecular complexity index is 782. The van der Waals surface area contributed by atoms with Crippen LogP contribution in [0.4, 0.5) is 17.3 Å². The van der Waals surface area contributed by atoms with Gasteiger partial charge in [-0.3, -0.25) is 0 Å². The Labute approximate surface area is 121 Å². The van der Waals surface area contributed by atoms with Crippen molar-refractivity contribution in [2.45, 2.75) is 6.92 Å². The Balaban J connectivity index is 2.01. The summed E-state index contributed by atoms with van der Waals surface area (Å²) in [6.07, 6.45) is 5.32. The lowest BCUT2D eigenvalue weighted by atomic mass is 10.2. The van der Waals surface area contributed by atoms with Gasteiger partial charge in [-0.25, -0.2) is 15.8 Å². The van der Waals surface area contributed by atoms with Crippen LogP contribution >= 0.6 is 0 Å². The minimum atomic E-state index is 0.549. The van der Waals surface area contributed by atoms with Crippen LogP contribution in [0.25, 0.3) is 5.65 Å². The summed E-state index contributed by atoms with van der Waals surface area (Å²) in [6, 6.07) is 5.82. The van der Waals surface area contributed by atoms with E-state index in [9.17, 15) is 0 Å². The van der Waals surface area contributed by atoms with E-state index in [1.807, 2.05) is 35.7 Å². The Kier molecular flexibility index (Phi) is 3.33. The second kappa shape index (κ2) is 5.29. The fourth-order valence-electron chi connectivity index (χ4n) is 2.18. The lowest BCUT2D eigenvalue weighted by molar-refractivity contribution is 0.412. The molecule has 0 unspecified atom stereocenters.